The Balaban J connectivity index is 1.71. The lowest BCUT2D eigenvalue weighted by Gasteiger charge is -2.23. The summed E-state index contributed by atoms with van der Waals surface area (Å²) in [6.07, 6.45) is 0.245. The highest BCUT2D eigenvalue weighted by atomic mass is 16.5. The predicted octanol–water partition coefficient (Wildman–Crippen LogP) is 3.11. The number of aromatic nitrogens is 1. The second-order valence-corrected chi connectivity index (χ2v) is 9.48. The molecule has 200 valence electrons. The van der Waals surface area contributed by atoms with Crippen molar-refractivity contribution in [1.82, 2.24) is 15.8 Å². The lowest BCUT2D eigenvalue weighted by atomic mass is 9.90. The van der Waals surface area contributed by atoms with Crippen molar-refractivity contribution in [2.45, 2.75) is 58.7 Å². The average Bonchev–Trinajstić information content (AvgIpc) is 3.35. The van der Waals surface area contributed by atoms with Crippen molar-refractivity contribution in [3.63, 3.8) is 0 Å². The van der Waals surface area contributed by atoms with E-state index < -0.39 is 29.8 Å². The predicted molar refractivity (Wildman–Crippen MR) is 140 cm³/mol. The summed E-state index contributed by atoms with van der Waals surface area (Å²) in [5, 5.41) is 19.3. The van der Waals surface area contributed by atoms with Crippen molar-refractivity contribution in [1.29, 1.82) is 0 Å². The van der Waals surface area contributed by atoms with Crippen LogP contribution in [0.4, 0.5) is 0 Å². The van der Waals surface area contributed by atoms with Crippen molar-refractivity contribution < 1.29 is 28.8 Å². The summed E-state index contributed by atoms with van der Waals surface area (Å²) in [6, 6.07) is 15.0. The first kappa shape index (κ1) is 28.5. The molecule has 0 saturated carbocycles. The van der Waals surface area contributed by atoms with Crippen molar-refractivity contribution in [2.75, 3.05) is 0 Å². The van der Waals surface area contributed by atoms with Gasteiger partial charge in [-0.3, -0.25) is 19.2 Å². The normalized spacial score (nSPS) is 13.3. The molecule has 38 heavy (non-hydrogen) atoms. The fourth-order valence-electron chi connectivity index (χ4n) is 4.00. The number of aldehydes is 1. The van der Waals surface area contributed by atoms with Gasteiger partial charge in [0.25, 0.3) is 5.91 Å². The summed E-state index contributed by atoms with van der Waals surface area (Å²) in [4.78, 5) is 49.9. The Labute approximate surface area is 221 Å². The third kappa shape index (κ3) is 8.21. The van der Waals surface area contributed by atoms with Gasteiger partial charge in [-0.15, -0.1) is 0 Å². The van der Waals surface area contributed by atoms with Crippen molar-refractivity contribution >= 4 is 23.9 Å². The molecule has 0 bridgehead atoms. The van der Waals surface area contributed by atoms with Crippen LogP contribution in [-0.2, 0) is 22.6 Å². The zero-order valence-corrected chi connectivity index (χ0v) is 21.8. The number of hydrogen-bond acceptors (Lipinski definition) is 7. The van der Waals surface area contributed by atoms with Crippen LogP contribution >= 0.6 is 0 Å². The van der Waals surface area contributed by atoms with Gasteiger partial charge in [-0.1, -0.05) is 59.3 Å². The highest BCUT2D eigenvalue weighted by molar-refractivity contribution is 5.97. The molecule has 1 aromatic heterocycles. The van der Waals surface area contributed by atoms with E-state index in [9.17, 15) is 24.3 Å². The first-order valence-corrected chi connectivity index (χ1v) is 12.5. The molecule has 0 aliphatic heterocycles. The number of aliphatic hydroxyl groups excluding tert-OH is 1. The molecule has 0 saturated heterocycles. The molecule has 0 fully saturated rings. The van der Waals surface area contributed by atoms with Gasteiger partial charge in [-0.25, -0.2) is 0 Å². The first-order valence-electron chi connectivity index (χ1n) is 12.5. The van der Waals surface area contributed by atoms with Crippen LogP contribution in [0.15, 0.2) is 59.1 Å². The monoisotopic (exact) mass is 519 g/mol. The Morgan fingerprint density at radius 2 is 1.68 bits per heavy atom. The maximum absolute atomic E-state index is 13.2. The van der Waals surface area contributed by atoms with Gasteiger partial charge in [0.05, 0.1) is 6.10 Å². The zero-order valence-electron chi connectivity index (χ0n) is 21.8. The third-order valence-corrected chi connectivity index (χ3v) is 6.28. The molecule has 1 heterocycles. The summed E-state index contributed by atoms with van der Waals surface area (Å²) in [5.41, 5.74) is 3.49. The molecule has 2 aromatic carbocycles. The SMILES string of the molecule is Cc1ccc(CNC(=O)[C@H](CCc2ccc(C=O)cc2)CC(=O)[C@@H](NC(=O)c2cc(C)on2)[C@@H](C)O)cc1. The van der Waals surface area contributed by atoms with Crippen molar-refractivity contribution in [3.05, 3.63) is 88.3 Å². The Bertz CT molecular complexity index is 1250. The zero-order chi connectivity index (χ0) is 27.7. The summed E-state index contributed by atoms with van der Waals surface area (Å²) in [5.74, 6) is -1.70. The molecular weight excluding hydrogens is 486 g/mol. The lowest BCUT2D eigenvalue weighted by Crippen LogP contribution is -2.49. The second-order valence-electron chi connectivity index (χ2n) is 9.48. The van der Waals surface area contributed by atoms with Gasteiger partial charge in [0.2, 0.25) is 5.91 Å². The number of rotatable bonds is 13. The van der Waals surface area contributed by atoms with Crippen LogP contribution in [0.1, 0.15) is 63.1 Å². The topological polar surface area (TPSA) is 139 Å². The lowest BCUT2D eigenvalue weighted by molar-refractivity contribution is -0.131. The number of nitrogens with one attached hydrogen (secondary N) is 2. The molecule has 2 amide bonds. The maximum atomic E-state index is 13.2. The van der Waals surface area contributed by atoms with E-state index in [1.54, 1.807) is 19.1 Å². The Hall–Kier alpha value is -4.11. The fraction of sp³-hybridized carbons (Fsp3) is 0.345. The number of nitrogens with zero attached hydrogens (tertiary/aromatic N) is 1. The van der Waals surface area contributed by atoms with Crippen LogP contribution in [0.2, 0.25) is 0 Å². The third-order valence-electron chi connectivity index (χ3n) is 6.28. The minimum atomic E-state index is -1.22. The number of Topliss-reactive ketones (excluding diaryl/α,β-unsaturated/α-hetero) is 1. The standard InChI is InChI=1S/C29H33N3O6/c1-18-4-6-22(7-5-18)16-30-28(36)24(13-12-21-8-10-23(17-33)11-9-21)15-26(35)27(20(3)34)31-29(37)25-14-19(2)38-32-25/h4-11,14,17,20,24,27,34H,12-13,15-16H2,1-3H3,(H,30,36)(H,31,37)/t20-,24-,27+/m1/s1. The number of carbonyl (C=O) groups is 4. The second kappa shape index (κ2) is 13.4. The van der Waals surface area contributed by atoms with Crippen LogP contribution in [0.3, 0.4) is 0 Å². The molecule has 0 unspecified atom stereocenters. The molecule has 3 rings (SSSR count). The van der Waals surface area contributed by atoms with E-state index in [4.69, 9.17) is 4.52 Å². The number of benzene rings is 2. The van der Waals surface area contributed by atoms with Crippen LogP contribution < -0.4 is 10.6 Å². The van der Waals surface area contributed by atoms with E-state index in [0.717, 1.165) is 23.0 Å². The molecule has 9 nitrogen and oxygen atoms in total. The largest absolute Gasteiger partial charge is 0.391 e. The van der Waals surface area contributed by atoms with Crippen LogP contribution in [0.5, 0.6) is 0 Å². The number of aryl methyl sites for hydroxylation is 3. The van der Waals surface area contributed by atoms with E-state index in [2.05, 4.69) is 15.8 Å². The summed E-state index contributed by atoms with van der Waals surface area (Å²) >= 11 is 0. The first-order chi connectivity index (χ1) is 18.2. The summed E-state index contributed by atoms with van der Waals surface area (Å²) in [7, 11) is 0. The molecule has 3 atom stereocenters. The van der Waals surface area contributed by atoms with Gasteiger partial charge in [0.1, 0.15) is 18.1 Å². The molecule has 0 aliphatic rings. The molecule has 9 heteroatoms. The van der Waals surface area contributed by atoms with E-state index in [0.29, 0.717) is 30.7 Å². The van der Waals surface area contributed by atoms with Gasteiger partial charge >= 0.3 is 0 Å². The maximum Gasteiger partial charge on any atom is 0.274 e. The van der Waals surface area contributed by atoms with Crippen LogP contribution in [-0.4, -0.2) is 46.3 Å². The van der Waals surface area contributed by atoms with Gasteiger partial charge in [-0.2, -0.15) is 0 Å². The number of amides is 2. The van der Waals surface area contributed by atoms with E-state index >= 15 is 0 Å². The van der Waals surface area contributed by atoms with E-state index in [1.165, 1.54) is 13.0 Å². The van der Waals surface area contributed by atoms with Gasteiger partial charge in [-0.05, 0) is 44.7 Å². The van der Waals surface area contributed by atoms with Crippen LogP contribution in [0.25, 0.3) is 0 Å². The molecule has 3 aromatic rings. The molecule has 3 N–H and O–H groups in total. The number of hydrogen-bond donors (Lipinski definition) is 3. The minimum absolute atomic E-state index is 0.00730. The molecular formula is C29H33N3O6. The highest BCUT2D eigenvalue weighted by Crippen LogP contribution is 2.18. The van der Waals surface area contributed by atoms with E-state index in [-0.39, 0.29) is 18.0 Å². The Morgan fingerprint density at radius 3 is 2.26 bits per heavy atom. The molecule has 0 radical (unpaired) electrons. The smallest absolute Gasteiger partial charge is 0.274 e. The van der Waals surface area contributed by atoms with Crippen LogP contribution in [0, 0.1) is 19.8 Å². The van der Waals surface area contributed by atoms with Crippen molar-refractivity contribution in [2.24, 2.45) is 5.92 Å². The van der Waals surface area contributed by atoms with Crippen molar-refractivity contribution in [3.8, 4) is 0 Å². The van der Waals surface area contributed by atoms with Gasteiger partial charge in [0, 0.05) is 30.5 Å². The Kier molecular flexibility index (Phi) is 10.1. The van der Waals surface area contributed by atoms with Gasteiger partial charge in [0.15, 0.2) is 11.5 Å². The number of aliphatic hydroxyl groups is 1. The van der Waals surface area contributed by atoms with E-state index in [1.807, 2.05) is 43.3 Å². The number of ketones is 1. The molecule has 0 aliphatic carbocycles. The Morgan fingerprint density at radius 1 is 1.03 bits per heavy atom. The number of carbonyl (C=O) groups excluding carboxylic acids is 4. The summed E-state index contributed by atoms with van der Waals surface area (Å²) < 4.78 is 4.91. The van der Waals surface area contributed by atoms with Gasteiger partial charge < -0.3 is 20.3 Å². The highest BCUT2D eigenvalue weighted by Gasteiger charge is 2.31. The fourth-order valence-corrected chi connectivity index (χ4v) is 4.00. The molecule has 0 spiro atoms. The minimum Gasteiger partial charge on any atom is -0.391 e. The quantitative estimate of drug-likeness (QED) is 0.295. The summed E-state index contributed by atoms with van der Waals surface area (Å²) in [6.45, 7) is 5.32. The average molecular weight is 520 g/mol.